The van der Waals surface area contributed by atoms with Gasteiger partial charge in [0.05, 0.1) is 0 Å². The topological polar surface area (TPSA) is 71.7 Å². The number of carbonyl (C=O) groups excluding carboxylic acids is 1. The highest BCUT2D eigenvalue weighted by molar-refractivity contribution is 7.09. The number of aryl methyl sites for hydroxylation is 1. The van der Waals surface area contributed by atoms with Gasteiger partial charge in [-0.2, -0.15) is 4.99 Å². The molecular weight excluding hydrogens is 384 g/mol. The van der Waals surface area contributed by atoms with E-state index in [2.05, 4.69) is 4.99 Å². The molecule has 1 amide bonds. The van der Waals surface area contributed by atoms with E-state index in [1.807, 2.05) is 19.9 Å². The molecule has 0 bridgehead atoms. The van der Waals surface area contributed by atoms with Gasteiger partial charge >= 0.3 is 5.97 Å². The highest BCUT2D eigenvalue weighted by atomic mass is 35.5. The lowest BCUT2D eigenvalue weighted by Crippen LogP contribution is -2.29. The van der Waals surface area contributed by atoms with E-state index in [1.165, 1.54) is 17.4 Å². The van der Waals surface area contributed by atoms with Crippen LogP contribution in [0.1, 0.15) is 32.5 Å². The van der Waals surface area contributed by atoms with E-state index >= 15 is 0 Å². The number of carboxylic acid groups (broad SMARTS) is 1. The van der Waals surface area contributed by atoms with Gasteiger partial charge in [-0.15, -0.1) is 11.3 Å². The Kier molecular flexibility index (Phi) is 5.58. The molecule has 138 valence electrons. The fourth-order valence-corrected chi connectivity index (χ4v) is 3.94. The lowest BCUT2D eigenvalue weighted by atomic mass is 10.1. The van der Waals surface area contributed by atoms with Crippen LogP contribution in [0.3, 0.4) is 0 Å². The number of nitrogens with zero attached hydrogens (tertiary/aromatic N) is 2. The average Bonchev–Trinajstić information content (AvgIpc) is 2.90. The molecule has 0 saturated carbocycles. The van der Waals surface area contributed by atoms with Crippen molar-refractivity contribution < 1.29 is 14.7 Å². The Balaban J connectivity index is 2.17. The van der Waals surface area contributed by atoms with Crippen LogP contribution in [-0.2, 0) is 4.79 Å². The maximum atomic E-state index is 12.6. The van der Waals surface area contributed by atoms with Crippen LogP contribution in [0, 0.1) is 13.8 Å². The van der Waals surface area contributed by atoms with Gasteiger partial charge in [0.15, 0.2) is 10.8 Å². The molecular formula is C20H17ClN2O3S. The number of benzene rings is 2. The summed E-state index contributed by atoms with van der Waals surface area (Å²) in [4.78, 5) is 30.1. The third kappa shape index (κ3) is 4.02. The van der Waals surface area contributed by atoms with Crippen LogP contribution in [0.2, 0.25) is 5.02 Å². The van der Waals surface area contributed by atoms with Crippen molar-refractivity contribution in [2.75, 3.05) is 0 Å². The minimum absolute atomic E-state index is 0.339. The molecule has 1 unspecified atom stereocenters. The van der Waals surface area contributed by atoms with Gasteiger partial charge in [-0.3, -0.25) is 4.79 Å². The number of hydrogen-bond donors (Lipinski definition) is 1. The highest BCUT2D eigenvalue weighted by Crippen LogP contribution is 2.22. The second-order valence-electron chi connectivity index (χ2n) is 5.97. The SMILES string of the molecule is Cc1sc(=NC(=O)c2cccc(Cl)c2)n(C(C(=O)O)c2ccccc2)c1C. The molecule has 7 heteroatoms. The zero-order valence-electron chi connectivity index (χ0n) is 14.7. The molecule has 0 aliphatic carbocycles. The van der Waals surface area contributed by atoms with Crippen LogP contribution in [0.25, 0.3) is 0 Å². The number of thiazole rings is 1. The quantitative estimate of drug-likeness (QED) is 0.712. The molecule has 1 N–H and O–H groups in total. The van der Waals surface area contributed by atoms with E-state index < -0.39 is 17.9 Å². The number of carboxylic acids is 1. The third-order valence-electron chi connectivity index (χ3n) is 4.20. The minimum atomic E-state index is -1.02. The molecule has 3 aromatic rings. The lowest BCUT2D eigenvalue weighted by molar-refractivity contribution is -0.139. The fourth-order valence-electron chi connectivity index (χ4n) is 2.76. The van der Waals surface area contributed by atoms with Crippen molar-refractivity contribution in [3.8, 4) is 0 Å². The lowest BCUT2D eigenvalue weighted by Gasteiger charge is -2.17. The van der Waals surface area contributed by atoms with Gasteiger partial charge in [-0.05, 0) is 37.6 Å². The smallest absolute Gasteiger partial charge is 0.331 e. The average molecular weight is 401 g/mol. The van der Waals surface area contributed by atoms with Crippen molar-refractivity contribution in [2.45, 2.75) is 19.9 Å². The number of rotatable bonds is 4. The Morgan fingerprint density at radius 3 is 2.44 bits per heavy atom. The van der Waals surface area contributed by atoms with Crippen molar-refractivity contribution in [1.29, 1.82) is 0 Å². The minimum Gasteiger partial charge on any atom is -0.479 e. The first-order valence-electron chi connectivity index (χ1n) is 8.19. The summed E-state index contributed by atoms with van der Waals surface area (Å²) < 4.78 is 1.60. The predicted molar refractivity (Wildman–Crippen MR) is 105 cm³/mol. The number of amides is 1. The largest absolute Gasteiger partial charge is 0.479 e. The summed E-state index contributed by atoms with van der Waals surface area (Å²) in [6.45, 7) is 3.71. The van der Waals surface area contributed by atoms with Gasteiger partial charge in [0.2, 0.25) is 0 Å². The molecule has 0 aliphatic heterocycles. The Bertz CT molecular complexity index is 1070. The summed E-state index contributed by atoms with van der Waals surface area (Å²) in [7, 11) is 0. The third-order valence-corrected chi connectivity index (χ3v) is 5.50. The van der Waals surface area contributed by atoms with E-state index in [0.29, 0.717) is 21.0 Å². The molecule has 5 nitrogen and oxygen atoms in total. The van der Waals surface area contributed by atoms with Crippen molar-refractivity contribution in [3.63, 3.8) is 0 Å². The van der Waals surface area contributed by atoms with Crippen molar-refractivity contribution in [1.82, 2.24) is 4.57 Å². The van der Waals surface area contributed by atoms with E-state index in [0.717, 1.165) is 10.6 Å². The van der Waals surface area contributed by atoms with Gasteiger partial charge in [-0.1, -0.05) is 48.0 Å². The molecule has 0 aliphatic rings. The van der Waals surface area contributed by atoms with Crippen LogP contribution in [0.15, 0.2) is 59.6 Å². The molecule has 0 saturated heterocycles. The molecule has 27 heavy (non-hydrogen) atoms. The Hall–Kier alpha value is -2.70. The number of carbonyl (C=O) groups is 2. The Labute approximate surface area is 165 Å². The Morgan fingerprint density at radius 2 is 1.81 bits per heavy atom. The van der Waals surface area contributed by atoms with Crippen molar-refractivity contribution in [2.24, 2.45) is 4.99 Å². The van der Waals surface area contributed by atoms with Gasteiger partial charge in [-0.25, -0.2) is 4.79 Å². The van der Waals surface area contributed by atoms with Gasteiger partial charge < -0.3 is 9.67 Å². The molecule has 1 aromatic heterocycles. The number of aromatic nitrogens is 1. The maximum absolute atomic E-state index is 12.6. The second-order valence-corrected chi connectivity index (χ2v) is 7.59. The van der Waals surface area contributed by atoms with Gasteiger partial charge in [0, 0.05) is 21.2 Å². The number of halogens is 1. The first-order chi connectivity index (χ1) is 12.9. The summed E-state index contributed by atoms with van der Waals surface area (Å²) in [5.41, 5.74) is 1.72. The molecule has 0 radical (unpaired) electrons. The summed E-state index contributed by atoms with van der Waals surface area (Å²) in [6.07, 6.45) is 0. The molecule has 0 fully saturated rings. The first kappa shape index (κ1) is 19.1. The molecule has 0 spiro atoms. The van der Waals surface area contributed by atoms with Crippen LogP contribution < -0.4 is 4.80 Å². The van der Waals surface area contributed by atoms with E-state index in [-0.39, 0.29) is 0 Å². The summed E-state index contributed by atoms with van der Waals surface area (Å²) in [5, 5.41) is 10.3. The van der Waals surface area contributed by atoms with Crippen molar-refractivity contribution >= 4 is 34.8 Å². The standard InChI is InChI=1S/C20H17ClN2O3S/c1-12-13(2)27-20(22-18(24)15-9-6-10-16(21)11-15)23(12)17(19(25)26)14-7-4-3-5-8-14/h3-11,17H,1-2H3,(H,25,26). The molecule has 1 heterocycles. The van der Waals surface area contributed by atoms with E-state index in [4.69, 9.17) is 11.6 Å². The van der Waals surface area contributed by atoms with Crippen LogP contribution >= 0.6 is 22.9 Å². The first-order valence-corrected chi connectivity index (χ1v) is 9.39. The van der Waals surface area contributed by atoms with Gasteiger partial charge in [0.25, 0.3) is 5.91 Å². The molecule has 1 atom stereocenters. The van der Waals surface area contributed by atoms with E-state index in [9.17, 15) is 14.7 Å². The summed E-state index contributed by atoms with van der Waals surface area (Å²) >= 11 is 7.24. The van der Waals surface area contributed by atoms with Crippen LogP contribution in [0.4, 0.5) is 0 Å². The van der Waals surface area contributed by atoms with Crippen LogP contribution in [-0.4, -0.2) is 21.6 Å². The molecule has 2 aromatic carbocycles. The van der Waals surface area contributed by atoms with Gasteiger partial charge in [0.1, 0.15) is 0 Å². The molecule has 3 rings (SSSR count). The second kappa shape index (κ2) is 7.90. The van der Waals surface area contributed by atoms with Crippen LogP contribution in [0.5, 0.6) is 0 Å². The Morgan fingerprint density at radius 1 is 1.11 bits per heavy atom. The number of aliphatic carboxylic acids is 1. The zero-order valence-corrected chi connectivity index (χ0v) is 16.3. The maximum Gasteiger partial charge on any atom is 0.331 e. The summed E-state index contributed by atoms with van der Waals surface area (Å²) in [6, 6.07) is 14.4. The monoisotopic (exact) mass is 400 g/mol. The fraction of sp³-hybridized carbons (Fsp3) is 0.150. The predicted octanol–water partition coefficient (Wildman–Crippen LogP) is 4.23. The zero-order chi connectivity index (χ0) is 19.6. The van der Waals surface area contributed by atoms with Crippen molar-refractivity contribution in [3.05, 3.63) is 86.1 Å². The normalized spacial score (nSPS) is 12.8. The highest BCUT2D eigenvalue weighted by Gasteiger charge is 2.25. The van der Waals surface area contributed by atoms with E-state index in [1.54, 1.807) is 47.0 Å². The number of hydrogen-bond acceptors (Lipinski definition) is 3. The summed E-state index contributed by atoms with van der Waals surface area (Å²) in [5.74, 6) is -1.48.